The first-order valence-electron chi connectivity index (χ1n) is 8.56. The number of aliphatic imine (C=N–C) groups is 1. The number of pyridine rings is 1. The molecule has 6 N–H and O–H groups in total. The van der Waals surface area contributed by atoms with Crippen molar-refractivity contribution in [3.8, 4) is 11.3 Å². The number of nitrogens with zero attached hydrogens (tertiary/aromatic N) is 4. The third kappa shape index (κ3) is 4.56. The van der Waals surface area contributed by atoms with Gasteiger partial charge in [-0.1, -0.05) is 19.9 Å². The highest BCUT2D eigenvalue weighted by atomic mass is 16.3. The molecule has 0 spiro atoms. The van der Waals surface area contributed by atoms with Crippen LogP contribution in [0.15, 0.2) is 35.7 Å². The number of hydrogen-bond donors (Lipinski definition) is 4. The van der Waals surface area contributed by atoms with Gasteiger partial charge in [0.25, 0.3) is 0 Å². The predicted octanol–water partition coefficient (Wildman–Crippen LogP) is 1.09. The molecule has 9 heteroatoms. The molecule has 0 saturated heterocycles. The average molecular weight is 371 g/mol. The smallest absolute Gasteiger partial charge is 0.342 e. The molecule has 2 aromatic heterocycles. The average Bonchev–Trinajstić information content (AvgIpc) is 2.66. The molecular weight excluding hydrogens is 346 g/mol. The number of aliphatic hydroxyl groups is 1. The van der Waals surface area contributed by atoms with Gasteiger partial charge < -0.3 is 21.9 Å². The van der Waals surface area contributed by atoms with Crippen molar-refractivity contribution >= 4 is 17.8 Å². The Bertz CT molecular complexity index is 803. The maximum atomic E-state index is 11.9. The van der Waals surface area contributed by atoms with Crippen LogP contribution in [0, 0.1) is 5.92 Å². The number of rotatable bonds is 6. The van der Waals surface area contributed by atoms with Crippen molar-refractivity contribution in [3.05, 3.63) is 36.3 Å². The Morgan fingerprint density at radius 2 is 1.93 bits per heavy atom. The molecule has 9 nitrogen and oxygen atoms in total. The molecule has 144 valence electrons. The largest absolute Gasteiger partial charge is 0.395 e. The number of nitrogens with two attached hydrogens (primary N) is 2. The number of amidine groups is 1. The first-order valence-corrected chi connectivity index (χ1v) is 8.56. The van der Waals surface area contributed by atoms with Crippen LogP contribution in [0.2, 0.25) is 0 Å². The van der Waals surface area contributed by atoms with Gasteiger partial charge >= 0.3 is 6.03 Å². The number of anilines is 1. The van der Waals surface area contributed by atoms with Gasteiger partial charge in [0.1, 0.15) is 5.84 Å². The van der Waals surface area contributed by atoms with Gasteiger partial charge in [-0.25, -0.2) is 14.8 Å². The zero-order valence-electron chi connectivity index (χ0n) is 15.7. The van der Waals surface area contributed by atoms with E-state index < -0.39 is 11.4 Å². The second kappa shape index (κ2) is 8.54. The summed E-state index contributed by atoms with van der Waals surface area (Å²) < 4.78 is 0. The van der Waals surface area contributed by atoms with Crippen molar-refractivity contribution in [2.24, 2.45) is 16.6 Å². The zero-order chi connectivity index (χ0) is 20.0. The first kappa shape index (κ1) is 20.2. The summed E-state index contributed by atoms with van der Waals surface area (Å²) in [4.78, 5) is 28.2. The van der Waals surface area contributed by atoms with E-state index >= 15 is 0 Å². The van der Waals surface area contributed by atoms with E-state index in [-0.39, 0.29) is 30.9 Å². The SMILES string of the molecule is CC(C)C(C)(/C(N)=N/C(=O)NCCO)c1ccc(-c2cnc(N)nc2)nc1. The highest BCUT2D eigenvalue weighted by molar-refractivity contribution is 5.99. The maximum Gasteiger partial charge on any atom is 0.342 e. The molecule has 0 fully saturated rings. The summed E-state index contributed by atoms with van der Waals surface area (Å²) in [5.41, 5.74) is 13.3. The molecule has 1 atom stereocenters. The van der Waals surface area contributed by atoms with Gasteiger partial charge in [0.05, 0.1) is 17.7 Å². The molecule has 2 rings (SSSR count). The van der Waals surface area contributed by atoms with E-state index in [1.54, 1.807) is 18.6 Å². The van der Waals surface area contributed by atoms with Crippen molar-refractivity contribution in [2.75, 3.05) is 18.9 Å². The number of nitrogens with one attached hydrogen (secondary N) is 1. The van der Waals surface area contributed by atoms with E-state index in [0.717, 1.165) is 11.1 Å². The Morgan fingerprint density at radius 1 is 1.26 bits per heavy atom. The van der Waals surface area contributed by atoms with E-state index in [1.807, 2.05) is 32.9 Å². The van der Waals surface area contributed by atoms with Crippen LogP contribution in [0.5, 0.6) is 0 Å². The normalized spacial score (nSPS) is 14.0. The molecule has 2 aromatic rings. The number of nitrogen functional groups attached to an aromatic ring is 1. The number of amides is 2. The minimum atomic E-state index is -0.695. The van der Waals surface area contributed by atoms with Crippen LogP contribution in [0.1, 0.15) is 26.3 Å². The van der Waals surface area contributed by atoms with Crippen LogP contribution in [-0.2, 0) is 5.41 Å². The molecule has 0 aliphatic rings. The number of urea groups is 1. The molecule has 0 bridgehead atoms. The fourth-order valence-electron chi connectivity index (χ4n) is 2.55. The molecule has 0 aliphatic carbocycles. The van der Waals surface area contributed by atoms with Gasteiger partial charge in [-0.3, -0.25) is 4.98 Å². The second-order valence-corrected chi connectivity index (χ2v) is 6.57. The van der Waals surface area contributed by atoms with Crippen LogP contribution in [0.4, 0.5) is 10.7 Å². The van der Waals surface area contributed by atoms with Gasteiger partial charge in [0, 0.05) is 30.7 Å². The van der Waals surface area contributed by atoms with Crippen LogP contribution in [-0.4, -0.2) is 45.1 Å². The lowest BCUT2D eigenvalue weighted by atomic mass is 9.73. The van der Waals surface area contributed by atoms with Gasteiger partial charge in [0.15, 0.2) is 0 Å². The van der Waals surface area contributed by atoms with Crippen molar-refractivity contribution in [3.63, 3.8) is 0 Å². The van der Waals surface area contributed by atoms with Gasteiger partial charge in [-0.05, 0) is 24.5 Å². The summed E-state index contributed by atoms with van der Waals surface area (Å²) >= 11 is 0. The Hall–Kier alpha value is -3.07. The third-order valence-corrected chi connectivity index (χ3v) is 4.63. The van der Waals surface area contributed by atoms with Crippen LogP contribution >= 0.6 is 0 Å². The Labute approximate surface area is 158 Å². The number of aromatic nitrogens is 3. The number of hydrogen-bond acceptors (Lipinski definition) is 6. The molecule has 0 saturated carbocycles. The molecule has 0 aromatic carbocycles. The van der Waals surface area contributed by atoms with E-state index in [2.05, 4.69) is 25.3 Å². The number of aliphatic hydroxyl groups excluding tert-OH is 1. The van der Waals surface area contributed by atoms with Crippen molar-refractivity contribution < 1.29 is 9.90 Å². The second-order valence-electron chi connectivity index (χ2n) is 6.57. The lowest BCUT2D eigenvalue weighted by molar-refractivity contribution is 0.242. The zero-order valence-corrected chi connectivity index (χ0v) is 15.7. The van der Waals surface area contributed by atoms with Gasteiger partial charge in [0.2, 0.25) is 5.95 Å². The maximum absolute atomic E-state index is 11.9. The van der Waals surface area contributed by atoms with Crippen LogP contribution in [0.3, 0.4) is 0 Å². The lowest BCUT2D eigenvalue weighted by Crippen LogP contribution is -2.44. The molecule has 0 radical (unpaired) electrons. The minimum absolute atomic E-state index is 0.0550. The summed E-state index contributed by atoms with van der Waals surface area (Å²) in [5, 5.41) is 11.3. The molecule has 2 amide bonds. The van der Waals surface area contributed by atoms with E-state index in [1.165, 1.54) is 0 Å². The van der Waals surface area contributed by atoms with Crippen molar-refractivity contribution in [2.45, 2.75) is 26.2 Å². The standard InChI is InChI=1S/C18H25N7O2/c1-11(2)18(3,15(19)25-17(27)21-6-7-26)13-4-5-14(22-10-13)12-8-23-16(20)24-9-12/h4-5,8-11,26H,6-7H2,1-3H3,(H2,20,23,24)(H3,19,21,25,27). The van der Waals surface area contributed by atoms with Gasteiger partial charge in [-0.2, -0.15) is 4.99 Å². The summed E-state index contributed by atoms with van der Waals surface area (Å²) in [5.74, 6) is 0.434. The van der Waals surface area contributed by atoms with E-state index in [0.29, 0.717) is 5.69 Å². The third-order valence-electron chi connectivity index (χ3n) is 4.63. The van der Waals surface area contributed by atoms with Crippen molar-refractivity contribution in [1.29, 1.82) is 0 Å². The fourth-order valence-corrected chi connectivity index (χ4v) is 2.55. The summed E-state index contributed by atoms with van der Waals surface area (Å²) in [6, 6.07) is 3.15. The van der Waals surface area contributed by atoms with Gasteiger partial charge in [-0.15, -0.1) is 0 Å². The highest BCUT2D eigenvalue weighted by Crippen LogP contribution is 2.33. The fraction of sp³-hybridized carbons (Fsp3) is 0.389. The Morgan fingerprint density at radius 3 is 2.44 bits per heavy atom. The topological polar surface area (TPSA) is 152 Å². The quantitative estimate of drug-likeness (QED) is 0.438. The molecule has 27 heavy (non-hydrogen) atoms. The summed E-state index contributed by atoms with van der Waals surface area (Å²) in [6.07, 6.45) is 4.92. The Balaban J connectivity index is 2.33. The van der Waals surface area contributed by atoms with Crippen molar-refractivity contribution in [1.82, 2.24) is 20.3 Å². The molecular formula is C18H25N7O2. The monoisotopic (exact) mass is 371 g/mol. The van der Waals surface area contributed by atoms with Crippen LogP contribution < -0.4 is 16.8 Å². The molecule has 2 heterocycles. The number of carbonyl (C=O) groups is 1. The molecule has 0 aliphatic heterocycles. The Kier molecular flexibility index (Phi) is 6.40. The predicted molar refractivity (Wildman–Crippen MR) is 104 cm³/mol. The lowest BCUT2D eigenvalue weighted by Gasteiger charge is -2.33. The molecule has 1 unspecified atom stereocenters. The highest BCUT2D eigenvalue weighted by Gasteiger charge is 2.35. The van der Waals surface area contributed by atoms with E-state index in [9.17, 15) is 4.79 Å². The minimum Gasteiger partial charge on any atom is -0.395 e. The summed E-state index contributed by atoms with van der Waals surface area (Å²) in [6.45, 7) is 5.86. The van der Waals surface area contributed by atoms with Crippen LogP contribution in [0.25, 0.3) is 11.3 Å². The number of carbonyl (C=O) groups excluding carboxylic acids is 1. The first-order chi connectivity index (χ1) is 12.8. The summed E-state index contributed by atoms with van der Waals surface area (Å²) in [7, 11) is 0. The van der Waals surface area contributed by atoms with E-state index in [4.69, 9.17) is 16.6 Å².